The second kappa shape index (κ2) is 9.05. The second-order valence-corrected chi connectivity index (χ2v) is 11.7. The summed E-state index contributed by atoms with van der Waals surface area (Å²) < 4.78 is 69.3. The van der Waals surface area contributed by atoms with Crippen molar-refractivity contribution < 1.29 is 21.6 Å². The molecule has 13 heteroatoms. The molecule has 0 radical (unpaired) electrons. The van der Waals surface area contributed by atoms with E-state index in [-0.39, 0.29) is 23.0 Å². The Morgan fingerprint density at radius 3 is 2.50 bits per heavy atom. The molecule has 1 aliphatic rings. The fourth-order valence-corrected chi connectivity index (χ4v) is 6.41. The molecule has 0 saturated carbocycles. The van der Waals surface area contributed by atoms with Crippen LogP contribution < -0.4 is 5.32 Å². The predicted molar refractivity (Wildman–Crippen MR) is 130 cm³/mol. The van der Waals surface area contributed by atoms with E-state index >= 15 is 0 Å². The zero-order chi connectivity index (χ0) is 25.7. The van der Waals surface area contributed by atoms with E-state index < -0.39 is 34.7 Å². The molecule has 8 nitrogen and oxygen atoms in total. The lowest BCUT2D eigenvalue weighted by Gasteiger charge is -2.19. The van der Waals surface area contributed by atoms with Crippen molar-refractivity contribution >= 4 is 38.1 Å². The molecule has 2 aromatic heterocycles. The van der Waals surface area contributed by atoms with Gasteiger partial charge in [-0.1, -0.05) is 23.5 Å². The van der Waals surface area contributed by atoms with Crippen molar-refractivity contribution in [1.82, 2.24) is 24.5 Å². The van der Waals surface area contributed by atoms with Crippen LogP contribution in [-0.4, -0.2) is 51.9 Å². The fourth-order valence-electron chi connectivity index (χ4n) is 4.06. The molecule has 0 unspecified atom stereocenters. The van der Waals surface area contributed by atoms with Crippen molar-refractivity contribution in [1.29, 1.82) is 0 Å². The number of hydrogen-bond acceptors (Lipinski definition) is 8. The van der Waals surface area contributed by atoms with Gasteiger partial charge in [-0.2, -0.15) is 4.31 Å². The van der Waals surface area contributed by atoms with E-state index in [1.165, 1.54) is 48.0 Å². The molecule has 1 N–H and O–H groups in total. The molecular formula is C23H21F3N6O2S2. The van der Waals surface area contributed by atoms with Crippen molar-refractivity contribution in [3.8, 4) is 11.1 Å². The summed E-state index contributed by atoms with van der Waals surface area (Å²) in [6.07, 6.45) is 0.667. The molecule has 1 saturated heterocycles. The van der Waals surface area contributed by atoms with Crippen molar-refractivity contribution in [3.63, 3.8) is 0 Å². The maximum atomic E-state index is 13.9. The number of anilines is 1. The van der Waals surface area contributed by atoms with Gasteiger partial charge in [0.1, 0.15) is 32.9 Å². The lowest BCUT2D eigenvalue weighted by Crippen LogP contribution is -2.31. The van der Waals surface area contributed by atoms with Crippen LogP contribution in [0.2, 0.25) is 0 Å². The third-order valence-electron chi connectivity index (χ3n) is 5.90. The summed E-state index contributed by atoms with van der Waals surface area (Å²) in [4.78, 5) is 8.32. The Labute approximate surface area is 209 Å². The number of alkyl halides is 2. The van der Waals surface area contributed by atoms with Crippen LogP contribution in [0.3, 0.4) is 0 Å². The highest BCUT2D eigenvalue weighted by atomic mass is 32.2. The number of aryl methyl sites for hydroxylation is 1. The molecule has 0 aliphatic carbocycles. The van der Waals surface area contributed by atoms with Crippen LogP contribution in [-0.2, 0) is 10.0 Å². The van der Waals surface area contributed by atoms with Crippen molar-refractivity contribution in [2.45, 2.75) is 37.1 Å². The number of hydrogen-bond donors (Lipinski definition) is 1. The first kappa shape index (κ1) is 24.5. The predicted octanol–water partition coefficient (Wildman–Crippen LogP) is 4.80. The molecule has 4 aromatic rings. The van der Waals surface area contributed by atoms with E-state index in [0.29, 0.717) is 27.3 Å². The number of nitrogens with one attached hydrogen (secondary N) is 1. The number of benzene rings is 2. The SMILES string of the molecule is Cc1nnc([C@@H](C)Nc2ncnc3c(S(=O)(=O)N4CCC(F)(F)C4)cc(-c4ccc(F)cc4)cc23)s1. The molecular weight excluding hydrogens is 513 g/mol. The number of nitrogens with zero attached hydrogens (tertiary/aromatic N) is 5. The first-order valence-corrected chi connectivity index (χ1v) is 13.3. The number of fused-ring (bicyclic) bond motifs is 1. The Hall–Kier alpha value is -3.16. The summed E-state index contributed by atoms with van der Waals surface area (Å²) in [5, 5.41) is 13.3. The third kappa shape index (κ3) is 4.65. The first-order chi connectivity index (χ1) is 17.0. The minimum Gasteiger partial charge on any atom is -0.360 e. The van der Waals surface area contributed by atoms with Gasteiger partial charge in [-0.25, -0.2) is 31.6 Å². The summed E-state index contributed by atoms with van der Waals surface area (Å²) in [5.41, 5.74) is 1.09. The van der Waals surface area contributed by atoms with Gasteiger partial charge in [0, 0.05) is 18.4 Å². The highest BCUT2D eigenvalue weighted by molar-refractivity contribution is 7.89. The van der Waals surface area contributed by atoms with Gasteiger partial charge in [-0.3, -0.25) is 0 Å². The molecule has 1 aliphatic heterocycles. The Morgan fingerprint density at radius 1 is 1.11 bits per heavy atom. The monoisotopic (exact) mass is 534 g/mol. The van der Waals surface area contributed by atoms with Crippen LogP contribution in [0.4, 0.5) is 19.0 Å². The fraction of sp³-hybridized carbons (Fsp3) is 0.304. The molecule has 2 aromatic carbocycles. The van der Waals surface area contributed by atoms with Gasteiger partial charge in [0.15, 0.2) is 0 Å². The van der Waals surface area contributed by atoms with Crippen LogP contribution in [0.5, 0.6) is 0 Å². The average Bonchev–Trinajstić information content (AvgIpc) is 3.44. The van der Waals surface area contributed by atoms with Crippen LogP contribution >= 0.6 is 11.3 Å². The second-order valence-electron chi connectivity index (χ2n) is 8.57. The van der Waals surface area contributed by atoms with E-state index in [1.807, 2.05) is 13.8 Å². The zero-order valence-electron chi connectivity index (χ0n) is 19.2. The van der Waals surface area contributed by atoms with Crippen molar-refractivity contribution in [2.75, 3.05) is 18.4 Å². The standard InChI is InChI=1S/C23H21F3N6O2S2/c1-13(22-31-30-14(2)35-22)29-21-18-9-16(15-3-5-17(24)6-4-15)10-19(20(18)27-12-28-21)36(33,34)32-8-7-23(25,26)11-32/h3-6,9-10,12-13H,7-8,11H2,1-2H3,(H,27,28,29)/t13-/m1/s1. The summed E-state index contributed by atoms with van der Waals surface area (Å²) in [5.74, 6) is -3.21. The van der Waals surface area contributed by atoms with Gasteiger partial charge >= 0.3 is 0 Å². The molecule has 188 valence electrons. The molecule has 1 atom stereocenters. The van der Waals surface area contributed by atoms with Gasteiger partial charge < -0.3 is 5.32 Å². The Kier molecular flexibility index (Phi) is 6.17. The Balaban J connectivity index is 1.67. The molecule has 0 amide bonds. The van der Waals surface area contributed by atoms with Crippen LogP contribution in [0.1, 0.15) is 29.4 Å². The molecule has 1 fully saturated rings. The van der Waals surface area contributed by atoms with Crippen molar-refractivity contribution in [3.05, 3.63) is 58.6 Å². The summed E-state index contributed by atoms with van der Waals surface area (Å²) in [7, 11) is -4.33. The van der Waals surface area contributed by atoms with E-state index in [9.17, 15) is 21.6 Å². The normalized spacial score (nSPS) is 16.9. The van der Waals surface area contributed by atoms with E-state index in [4.69, 9.17) is 0 Å². The van der Waals surface area contributed by atoms with Gasteiger partial charge in [-0.05, 0) is 49.2 Å². The largest absolute Gasteiger partial charge is 0.360 e. The lowest BCUT2D eigenvalue weighted by atomic mass is 10.0. The summed E-state index contributed by atoms with van der Waals surface area (Å²) in [6, 6.07) is 8.32. The summed E-state index contributed by atoms with van der Waals surface area (Å²) in [6.45, 7) is 2.49. The van der Waals surface area contributed by atoms with Crippen LogP contribution in [0.15, 0.2) is 47.6 Å². The van der Waals surface area contributed by atoms with E-state index in [1.54, 1.807) is 6.07 Å². The third-order valence-corrected chi connectivity index (χ3v) is 8.78. The van der Waals surface area contributed by atoms with Gasteiger partial charge in [0.25, 0.3) is 5.92 Å². The first-order valence-electron chi connectivity index (χ1n) is 11.0. The van der Waals surface area contributed by atoms with E-state index in [0.717, 1.165) is 9.31 Å². The number of rotatable bonds is 6. The number of sulfonamides is 1. The smallest absolute Gasteiger partial charge is 0.262 e. The highest BCUT2D eigenvalue weighted by Gasteiger charge is 2.44. The molecule has 5 rings (SSSR count). The lowest BCUT2D eigenvalue weighted by molar-refractivity contribution is 0.0183. The average molecular weight is 535 g/mol. The van der Waals surface area contributed by atoms with Crippen molar-refractivity contribution in [2.24, 2.45) is 0 Å². The zero-order valence-corrected chi connectivity index (χ0v) is 20.9. The maximum Gasteiger partial charge on any atom is 0.262 e. The van der Waals surface area contributed by atoms with Gasteiger partial charge in [-0.15, -0.1) is 10.2 Å². The number of halogens is 3. The quantitative estimate of drug-likeness (QED) is 0.379. The maximum absolute atomic E-state index is 13.9. The summed E-state index contributed by atoms with van der Waals surface area (Å²) >= 11 is 1.41. The Morgan fingerprint density at radius 2 is 1.86 bits per heavy atom. The molecule has 0 spiro atoms. The Bertz CT molecular complexity index is 1540. The minimum absolute atomic E-state index is 0.0919. The van der Waals surface area contributed by atoms with Crippen LogP contribution in [0.25, 0.3) is 22.0 Å². The topological polar surface area (TPSA) is 101 Å². The number of aromatic nitrogens is 4. The minimum atomic E-state index is -4.33. The van der Waals surface area contributed by atoms with Gasteiger partial charge in [0.2, 0.25) is 10.0 Å². The molecule has 36 heavy (non-hydrogen) atoms. The highest BCUT2D eigenvalue weighted by Crippen LogP contribution is 2.37. The molecule has 0 bridgehead atoms. The molecule has 3 heterocycles. The van der Waals surface area contributed by atoms with Crippen LogP contribution in [0, 0.1) is 12.7 Å². The van der Waals surface area contributed by atoms with E-state index in [2.05, 4.69) is 25.5 Å². The van der Waals surface area contributed by atoms with Gasteiger partial charge in [0.05, 0.1) is 18.1 Å².